The van der Waals surface area contributed by atoms with E-state index in [1.54, 1.807) is 0 Å². The Balaban J connectivity index is 1.46. The van der Waals surface area contributed by atoms with Crippen molar-refractivity contribution >= 4 is 43.6 Å². The molecule has 2 aromatic heterocycles. The number of aryl methyl sites for hydroxylation is 3. The molecule has 0 radical (unpaired) electrons. The van der Waals surface area contributed by atoms with Gasteiger partial charge in [0.25, 0.3) is 0 Å². The summed E-state index contributed by atoms with van der Waals surface area (Å²) in [5, 5.41) is 5.16. The van der Waals surface area contributed by atoms with E-state index in [9.17, 15) is 0 Å². The fourth-order valence-electron chi connectivity index (χ4n) is 6.65. The third kappa shape index (κ3) is 3.57. The van der Waals surface area contributed by atoms with E-state index in [4.69, 9.17) is 0 Å². The summed E-state index contributed by atoms with van der Waals surface area (Å²) < 4.78 is 4.89. The maximum atomic E-state index is 2.45. The molecule has 0 unspecified atom stereocenters. The van der Waals surface area contributed by atoms with Crippen molar-refractivity contribution in [1.82, 2.24) is 9.13 Å². The lowest BCUT2D eigenvalue weighted by atomic mass is 10.0. The molecular formula is C39H30N2. The number of hydrogen-bond donors (Lipinski definition) is 0. The minimum atomic E-state index is 1.18. The third-order valence-electron chi connectivity index (χ3n) is 8.48. The van der Waals surface area contributed by atoms with Gasteiger partial charge in [-0.3, -0.25) is 0 Å². The molecular weight excluding hydrogens is 496 g/mol. The van der Waals surface area contributed by atoms with E-state index in [-0.39, 0.29) is 0 Å². The van der Waals surface area contributed by atoms with Gasteiger partial charge in [0, 0.05) is 32.7 Å². The second-order valence-electron chi connectivity index (χ2n) is 11.3. The zero-order valence-corrected chi connectivity index (χ0v) is 23.5. The molecule has 0 atom stereocenters. The monoisotopic (exact) mass is 526 g/mol. The van der Waals surface area contributed by atoms with Crippen LogP contribution in [-0.4, -0.2) is 9.13 Å². The smallest absolute Gasteiger partial charge is 0.0541 e. The van der Waals surface area contributed by atoms with Crippen molar-refractivity contribution in [3.8, 4) is 22.5 Å². The lowest BCUT2D eigenvalue weighted by Crippen LogP contribution is -2.01. The zero-order valence-electron chi connectivity index (χ0n) is 23.5. The summed E-state index contributed by atoms with van der Waals surface area (Å²) in [5.41, 5.74) is 13.5. The first-order valence-electron chi connectivity index (χ1n) is 14.3. The summed E-state index contributed by atoms with van der Waals surface area (Å²) in [7, 11) is 0. The number of nitrogens with zero attached hydrogens (tertiary/aromatic N) is 2. The van der Waals surface area contributed by atoms with Gasteiger partial charge in [-0.05, 0) is 75.4 Å². The van der Waals surface area contributed by atoms with Crippen molar-refractivity contribution in [2.75, 3.05) is 0 Å². The topological polar surface area (TPSA) is 9.86 Å². The van der Waals surface area contributed by atoms with E-state index in [0.717, 1.165) is 0 Å². The van der Waals surface area contributed by atoms with Crippen LogP contribution >= 0.6 is 0 Å². The second kappa shape index (κ2) is 8.97. The molecule has 0 bridgehead atoms. The molecule has 0 saturated carbocycles. The van der Waals surface area contributed by atoms with Crippen molar-refractivity contribution in [3.05, 3.63) is 144 Å². The Hall–Kier alpha value is -5.08. The minimum Gasteiger partial charge on any atom is -0.309 e. The van der Waals surface area contributed by atoms with E-state index in [0.29, 0.717) is 0 Å². The molecule has 0 aliphatic rings. The van der Waals surface area contributed by atoms with Gasteiger partial charge in [0.2, 0.25) is 0 Å². The summed E-state index contributed by atoms with van der Waals surface area (Å²) in [6.45, 7) is 6.52. The maximum Gasteiger partial charge on any atom is 0.0541 e. The summed E-state index contributed by atoms with van der Waals surface area (Å²) in [6, 6.07) is 46.9. The average molecular weight is 527 g/mol. The first-order chi connectivity index (χ1) is 20.1. The van der Waals surface area contributed by atoms with Crippen molar-refractivity contribution in [2.24, 2.45) is 0 Å². The van der Waals surface area contributed by atoms with Gasteiger partial charge in [-0.15, -0.1) is 0 Å². The van der Waals surface area contributed by atoms with Crippen LogP contribution in [0.2, 0.25) is 0 Å². The highest BCUT2D eigenvalue weighted by atomic mass is 15.0. The average Bonchev–Trinajstić information content (AvgIpc) is 3.49. The summed E-state index contributed by atoms with van der Waals surface area (Å²) in [6.07, 6.45) is 0. The van der Waals surface area contributed by atoms with E-state index in [1.807, 2.05) is 0 Å². The van der Waals surface area contributed by atoms with Crippen LogP contribution in [0.25, 0.3) is 66.1 Å². The Morgan fingerprint density at radius 2 is 0.707 bits per heavy atom. The van der Waals surface area contributed by atoms with Crippen LogP contribution in [0.3, 0.4) is 0 Å². The number of fused-ring (bicyclic) bond motifs is 6. The molecule has 0 spiro atoms. The fraction of sp³-hybridized carbons (Fsp3) is 0.0769. The van der Waals surface area contributed by atoms with Crippen molar-refractivity contribution in [3.63, 3.8) is 0 Å². The first kappa shape index (κ1) is 23.8. The van der Waals surface area contributed by atoms with Crippen LogP contribution in [-0.2, 0) is 0 Å². The van der Waals surface area contributed by atoms with Gasteiger partial charge in [0.05, 0.1) is 33.4 Å². The Kier molecular flexibility index (Phi) is 5.20. The maximum absolute atomic E-state index is 2.45. The predicted octanol–water partition coefficient (Wildman–Crippen LogP) is 10.5. The number of benzene rings is 6. The quantitative estimate of drug-likeness (QED) is 0.217. The molecule has 41 heavy (non-hydrogen) atoms. The van der Waals surface area contributed by atoms with Crippen molar-refractivity contribution in [1.29, 1.82) is 0 Å². The molecule has 0 saturated heterocycles. The van der Waals surface area contributed by atoms with Gasteiger partial charge in [-0.1, -0.05) is 89.5 Å². The fourth-order valence-corrected chi connectivity index (χ4v) is 6.65. The minimum absolute atomic E-state index is 1.18. The molecule has 0 aliphatic heterocycles. The zero-order chi connectivity index (χ0) is 27.7. The van der Waals surface area contributed by atoms with Crippen LogP contribution in [0.1, 0.15) is 16.7 Å². The molecule has 2 heteroatoms. The lowest BCUT2D eigenvalue weighted by molar-refractivity contribution is 1.16. The number of rotatable bonds is 3. The van der Waals surface area contributed by atoms with Crippen LogP contribution in [0.5, 0.6) is 0 Å². The Bertz CT molecular complexity index is 2230. The summed E-state index contributed by atoms with van der Waals surface area (Å²) >= 11 is 0. The van der Waals surface area contributed by atoms with Gasteiger partial charge in [-0.25, -0.2) is 0 Å². The van der Waals surface area contributed by atoms with E-state index in [2.05, 4.69) is 157 Å². The number of para-hydroxylation sites is 3. The molecule has 8 aromatic rings. The van der Waals surface area contributed by atoms with Gasteiger partial charge in [0.15, 0.2) is 0 Å². The van der Waals surface area contributed by atoms with Gasteiger partial charge in [0.1, 0.15) is 0 Å². The molecule has 8 rings (SSSR count). The summed E-state index contributed by atoms with van der Waals surface area (Å²) in [5.74, 6) is 0. The van der Waals surface area contributed by atoms with E-state index < -0.39 is 0 Å². The van der Waals surface area contributed by atoms with Crippen LogP contribution in [0.15, 0.2) is 127 Å². The number of aromatic nitrogens is 2. The van der Waals surface area contributed by atoms with Crippen LogP contribution in [0, 0.1) is 20.8 Å². The highest BCUT2D eigenvalue weighted by Gasteiger charge is 2.19. The molecule has 0 aliphatic carbocycles. The molecule has 2 heterocycles. The largest absolute Gasteiger partial charge is 0.309 e. The van der Waals surface area contributed by atoms with Gasteiger partial charge < -0.3 is 9.13 Å². The summed E-state index contributed by atoms with van der Waals surface area (Å²) in [4.78, 5) is 0. The lowest BCUT2D eigenvalue weighted by Gasteiger charge is -2.18. The normalized spacial score (nSPS) is 11.8. The first-order valence-corrected chi connectivity index (χ1v) is 14.3. The van der Waals surface area contributed by atoms with E-state index >= 15 is 0 Å². The molecule has 2 nitrogen and oxygen atoms in total. The highest BCUT2D eigenvalue weighted by Crippen LogP contribution is 2.40. The molecule has 196 valence electrons. The molecule has 0 N–H and O–H groups in total. The Labute approximate surface area is 239 Å². The van der Waals surface area contributed by atoms with E-state index in [1.165, 1.54) is 82.8 Å². The van der Waals surface area contributed by atoms with Crippen molar-refractivity contribution in [2.45, 2.75) is 20.8 Å². The number of hydrogen-bond acceptors (Lipinski definition) is 0. The van der Waals surface area contributed by atoms with Gasteiger partial charge >= 0.3 is 0 Å². The third-order valence-corrected chi connectivity index (χ3v) is 8.48. The molecule has 0 fully saturated rings. The van der Waals surface area contributed by atoms with Gasteiger partial charge in [-0.2, -0.15) is 0 Å². The Morgan fingerprint density at radius 1 is 0.341 bits per heavy atom. The SMILES string of the molecule is Cc1ccc2c(c1)c1ccccc1n2-c1ccccc1-c1ccccc1-n1c2ccc(C)cc2c2cc(C)ccc21. The highest BCUT2D eigenvalue weighted by molar-refractivity contribution is 6.11. The molecule has 6 aromatic carbocycles. The van der Waals surface area contributed by atoms with Crippen LogP contribution in [0.4, 0.5) is 0 Å². The standard InChI is InChI=1S/C39H30N2/c1-25-16-19-37-31(22-25)30-12-6-9-15-36(30)40(37)34-13-7-4-10-28(34)29-11-5-8-14-35(29)41-38-20-17-26(2)23-32(38)33-24-27(3)18-21-39(33)41/h4-24H,1-3H3. The Morgan fingerprint density at radius 3 is 1.20 bits per heavy atom. The van der Waals surface area contributed by atoms with Crippen molar-refractivity contribution < 1.29 is 0 Å². The predicted molar refractivity (Wildman–Crippen MR) is 175 cm³/mol. The van der Waals surface area contributed by atoms with Crippen LogP contribution < -0.4 is 0 Å². The molecule has 0 amide bonds. The second-order valence-corrected chi connectivity index (χ2v) is 11.3.